The Labute approximate surface area is 291 Å². The molecule has 7 rings (SSSR count). The maximum absolute atomic E-state index is 6.41. The average molecular weight is 798 g/mol. The summed E-state index contributed by atoms with van der Waals surface area (Å²) in [5, 5.41) is 2.25. The zero-order valence-corrected chi connectivity index (χ0v) is 30.4. The van der Waals surface area contributed by atoms with Crippen molar-refractivity contribution in [2.75, 3.05) is 0 Å². The number of imidazole rings is 1. The van der Waals surface area contributed by atoms with Crippen molar-refractivity contribution in [3.63, 3.8) is 0 Å². The Morgan fingerprint density at radius 3 is 2.19 bits per heavy atom. The fourth-order valence-corrected chi connectivity index (χ4v) is 6.35. The van der Waals surface area contributed by atoms with Crippen LogP contribution in [0.2, 0.25) is 0 Å². The summed E-state index contributed by atoms with van der Waals surface area (Å²) in [6, 6.07) is 29.7. The third kappa shape index (κ3) is 5.72. The van der Waals surface area contributed by atoms with Crippen molar-refractivity contribution >= 4 is 21.8 Å². The third-order valence-electron chi connectivity index (χ3n) is 9.41. The van der Waals surface area contributed by atoms with Crippen molar-refractivity contribution in [2.24, 2.45) is 0 Å². The molecule has 0 aliphatic carbocycles. The molecule has 0 saturated heterocycles. The number of aromatic nitrogens is 4. The van der Waals surface area contributed by atoms with Crippen LogP contribution >= 0.6 is 0 Å². The normalized spacial score (nSPS) is 11.7. The van der Waals surface area contributed by atoms with E-state index in [2.05, 4.69) is 125 Å². The van der Waals surface area contributed by atoms with Crippen LogP contribution in [-0.4, -0.2) is 14.1 Å². The molecular formula is C41H38N4OPt-2. The minimum atomic E-state index is 0. The van der Waals surface area contributed by atoms with Crippen LogP contribution in [0.5, 0.6) is 11.5 Å². The topological polar surface area (TPSA) is 35.9 Å². The van der Waals surface area contributed by atoms with Gasteiger partial charge < -0.3 is 13.9 Å². The summed E-state index contributed by atoms with van der Waals surface area (Å²) in [5.74, 6) is 2.08. The molecule has 0 amide bonds. The molecule has 0 aliphatic rings. The second-order valence-corrected chi connectivity index (χ2v) is 13.2. The molecule has 6 heteroatoms. The number of hydrogen-bond acceptors (Lipinski definition) is 2. The Balaban J connectivity index is 0.00000386. The molecule has 0 unspecified atom stereocenters. The van der Waals surface area contributed by atoms with Gasteiger partial charge in [0.25, 0.3) is 6.33 Å². The van der Waals surface area contributed by atoms with E-state index in [0.717, 1.165) is 33.3 Å². The van der Waals surface area contributed by atoms with Crippen LogP contribution in [0.4, 0.5) is 0 Å². The van der Waals surface area contributed by atoms with E-state index in [0.29, 0.717) is 11.5 Å². The SMILES string of the molecule is Cc1c(C)c(C)c(-[n+]2[c-]n(-c3[c-]c(Oc4[c-]c5c(cc4)c4ccccc4n5-c4cc(C(C)(C)C)ccn4)ccc3)cc2)c(C)c1C.[Pt]. The van der Waals surface area contributed by atoms with Crippen molar-refractivity contribution in [1.29, 1.82) is 0 Å². The number of fused-ring (bicyclic) bond motifs is 3. The fraction of sp³-hybridized carbons (Fsp3) is 0.220. The summed E-state index contributed by atoms with van der Waals surface area (Å²) >= 11 is 0. The van der Waals surface area contributed by atoms with Gasteiger partial charge in [0.15, 0.2) is 0 Å². The number of nitrogens with zero attached hydrogens (tertiary/aromatic N) is 4. The molecule has 0 radical (unpaired) electrons. The van der Waals surface area contributed by atoms with E-state index in [4.69, 9.17) is 9.72 Å². The Morgan fingerprint density at radius 1 is 0.745 bits per heavy atom. The van der Waals surface area contributed by atoms with Gasteiger partial charge in [-0.15, -0.1) is 29.7 Å². The maximum atomic E-state index is 6.41. The zero-order chi connectivity index (χ0) is 32.3. The van der Waals surface area contributed by atoms with Gasteiger partial charge in [-0.05, 0) is 103 Å². The van der Waals surface area contributed by atoms with Gasteiger partial charge in [0.05, 0.1) is 5.69 Å². The third-order valence-corrected chi connectivity index (χ3v) is 9.41. The molecule has 3 aromatic heterocycles. The van der Waals surface area contributed by atoms with Crippen molar-refractivity contribution in [3.8, 4) is 28.7 Å². The molecule has 0 fully saturated rings. The van der Waals surface area contributed by atoms with Crippen LogP contribution in [0, 0.1) is 53.1 Å². The van der Waals surface area contributed by atoms with E-state index < -0.39 is 0 Å². The van der Waals surface area contributed by atoms with Gasteiger partial charge in [-0.1, -0.05) is 44.5 Å². The molecule has 47 heavy (non-hydrogen) atoms. The van der Waals surface area contributed by atoms with E-state index in [1.165, 1.54) is 39.1 Å². The summed E-state index contributed by atoms with van der Waals surface area (Å²) in [7, 11) is 0. The van der Waals surface area contributed by atoms with E-state index in [1.807, 2.05) is 47.4 Å². The molecule has 0 aliphatic heterocycles. The molecule has 7 aromatic rings. The molecule has 5 nitrogen and oxygen atoms in total. The van der Waals surface area contributed by atoms with Gasteiger partial charge >= 0.3 is 0 Å². The monoisotopic (exact) mass is 797 g/mol. The predicted molar refractivity (Wildman–Crippen MR) is 185 cm³/mol. The number of rotatable bonds is 5. The summed E-state index contributed by atoms with van der Waals surface area (Å²) in [6.07, 6.45) is 9.45. The smallest absolute Gasteiger partial charge is 0.267 e. The average Bonchev–Trinajstić information content (AvgIpc) is 3.66. The van der Waals surface area contributed by atoms with Crippen LogP contribution < -0.4 is 9.30 Å². The first-order valence-electron chi connectivity index (χ1n) is 15.7. The summed E-state index contributed by atoms with van der Waals surface area (Å²) in [5.41, 5.74) is 11.8. The molecule has 0 bridgehead atoms. The molecule has 0 N–H and O–H groups in total. The van der Waals surface area contributed by atoms with Gasteiger partial charge in [-0.25, -0.2) is 4.98 Å². The van der Waals surface area contributed by atoms with Gasteiger partial charge in [-0.3, -0.25) is 4.57 Å². The molecule has 0 spiro atoms. The maximum Gasteiger partial charge on any atom is 0.267 e. The van der Waals surface area contributed by atoms with Crippen molar-refractivity contribution in [2.45, 2.75) is 60.8 Å². The number of ether oxygens (including phenoxy) is 1. The van der Waals surface area contributed by atoms with Crippen LogP contribution in [0.15, 0.2) is 85.3 Å². The van der Waals surface area contributed by atoms with Crippen molar-refractivity contribution in [3.05, 3.63) is 137 Å². The van der Waals surface area contributed by atoms with E-state index in [1.54, 1.807) is 0 Å². The number of para-hydroxylation sites is 1. The van der Waals surface area contributed by atoms with Gasteiger partial charge in [0.2, 0.25) is 0 Å². The molecule has 240 valence electrons. The quantitative estimate of drug-likeness (QED) is 0.129. The van der Waals surface area contributed by atoms with Gasteiger partial charge in [0.1, 0.15) is 5.82 Å². The molecule has 3 heterocycles. The van der Waals surface area contributed by atoms with Crippen LogP contribution in [0.1, 0.15) is 54.2 Å². The Hall–Kier alpha value is -4.47. The first-order chi connectivity index (χ1) is 22.0. The van der Waals surface area contributed by atoms with Gasteiger partial charge in [0, 0.05) is 56.7 Å². The zero-order valence-electron chi connectivity index (χ0n) is 28.1. The number of benzene rings is 4. The molecule has 0 atom stereocenters. The Bertz CT molecular complexity index is 2260. The molecular weight excluding hydrogens is 760 g/mol. The van der Waals surface area contributed by atoms with E-state index in [-0.39, 0.29) is 26.5 Å². The molecule has 4 aromatic carbocycles. The summed E-state index contributed by atoms with van der Waals surface area (Å²) in [4.78, 5) is 4.79. The molecule has 0 saturated carbocycles. The van der Waals surface area contributed by atoms with E-state index in [9.17, 15) is 0 Å². The van der Waals surface area contributed by atoms with Crippen LogP contribution in [0.3, 0.4) is 0 Å². The summed E-state index contributed by atoms with van der Waals surface area (Å²) < 4.78 is 12.6. The van der Waals surface area contributed by atoms with E-state index >= 15 is 0 Å². The van der Waals surface area contributed by atoms with Crippen LogP contribution in [0.25, 0.3) is 39.0 Å². The number of pyridine rings is 1. The van der Waals surface area contributed by atoms with Gasteiger partial charge in [-0.2, -0.15) is 18.2 Å². The summed E-state index contributed by atoms with van der Waals surface area (Å²) in [6.45, 7) is 17.6. The second kappa shape index (κ2) is 12.3. The minimum absolute atomic E-state index is 0. The number of hydrogen-bond donors (Lipinski definition) is 0. The largest absolute Gasteiger partial charge is 0.510 e. The fourth-order valence-electron chi connectivity index (χ4n) is 6.35. The second-order valence-electron chi connectivity index (χ2n) is 13.2. The first kappa shape index (κ1) is 32.5. The standard InChI is InChI=1S/C41H38N4O.Pt/c1-26-27(2)29(4)40(30(5)28(26)3)44-21-20-43(25-44)32-12-11-13-33(23-32)46-34-16-17-36-35-14-9-10-15-37(35)45(38(36)24-34)39-22-31(18-19-42-39)41(6,7)8;/h9-22H,1-8H3;/q-2;. The minimum Gasteiger partial charge on any atom is -0.510 e. The van der Waals surface area contributed by atoms with Crippen molar-refractivity contribution in [1.82, 2.24) is 14.1 Å². The predicted octanol–water partition coefficient (Wildman–Crippen LogP) is 9.28. The Kier molecular flexibility index (Phi) is 8.48. The van der Waals surface area contributed by atoms with Crippen LogP contribution in [-0.2, 0) is 26.5 Å². The first-order valence-corrected chi connectivity index (χ1v) is 15.7. The Morgan fingerprint density at radius 2 is 1.45 bits per heavy atom. The van der Waals surface area contributed by atoms with Crippen molar-refractivity contribution < 1.29 is 30.4 Å².